The van der Waals surface area contributed by atoms with Gasteiger partial charge in [0, 0.05) is 12.8 Å². The Balaban J connectivity index is 4.17. The number of rotatable bonds is 51. The van der Waals surface area contributed by atoms with Crippen molar-refractivity contribution in [1.29, 1.82) is 0 Å². The van der Waals surface area contributed by atoms with Crippen LogP contribution >= 0.6 is 7.82 Å². The van der Waals surface area contributed by atoms with Gasteiger partial charge in [0.2, 0.25) is 0 Å². The Bertz CT molecular complexity index is 1520. The number of esters is 2. The lowest BCUT2D eigenvalue weighted by Gasteiger charge is -2.24. The molecule has 0 aromatic rings. The molecular weight excluding hydrogens is 906 g/mol. The van der Waals surface area contributed by atoms with Gasteiger partial charge in [0.1, 0.15) is 19.8 Å². The number of carbonyl (C=O) groups excluding carboxylic acids is 2. The Morgan fingerprint density at radius 1 is 0.451 bits per heavy atom. The predicted molar refractivity (Wildman–Crippen MR) is 302 cm³/mol. The Hall–Kier alpha value is -3.07. The Kier molecular flexibility index (Phi) is 49.6. The average molecular weight is 1010 g/mol. The number of nitrogens with zero attached hydrogens (tertiary/aromatic N) is 1. The standard InChI is InChI=1S/C61H106NO8P/c1-6-8-10-12-14-16-18-20-22-23-24-25-26-27-28-29-30-31-32-33-34-35-36-37-38-39-40-42-44-46-48-50-52-54-61(64)70-59(58-69-71(65,66)68-56-55-62(3,4)5)57-67-60(63)53-51-49-47-45-43-41-21-19-17-15-13-11-9-7-2/h8,10,14,16,20,22,24-25,27-28,30-31,33-34,36-37,59H,6-7,9,11-13,15,17-19,21,23,26,29,32,35,38-58H2,1-5H3/p+1/b10-8-,16-14-,22-20-,25-24-,28-27-,31-30-,34-33-,37-36-. The number of ether oxygens (including phenoxy) is 2. The van der Waals surface area contributed by atoms with Crippen LogP contribution in [0, 0.1) is 0 Å². The van der Waals surface area contributed by atoms with Gasteiger partial charge in [-0.25, -0.2) is 4.57 Å². The van der Waals surface area contributed by atoms with Crippen molar-refractivity contribution in [2.75, 3.05) is 47.5 Å². The van der Waals surface area contributed by atoms with Gasteiger partial charge < -0.3 is 18.9 Å². The van der Waals surface area contributed by atoms with Gasteiger partial charge in [0.15, 0.2) is 6.10 Å². The van der Waals surface area contributed by atoms with E-state index in [0.717, 1.165) is 96.3 Å². The van der Waals surface area contributed by atoms with Crippen LogP contribution in [-0.2, 0) is 32.7 Å². The van der Waals surface area contributed by atoms with Crippen LogP contribution < -0.4 is 0 Å². The van der Waals surface area contributed by atoms with Crippen molar-refractivity contribution < 1.29 is 42.1 Å². The fraction of sp³-hybridized carbons (Fsp3) is 0.705. The number of hydrogen-bond acceptors (Lipinski definition) is 7. The first-order chi connectivity index (χ1) is 34.5. The maximum Gasteiger partial charge on any atom is 0.472 e. The number of quaternary nitrogens is 1. The fourth-order valence-corrected chi connectivity index (χ4v) is 8.24. The summed E-state index contributed by atoms with van der Waals surface area (Å²) in [5.74, 6) is -0.807. The molecule has 0 aliphatic heterocycles. The molecule has 0 aliphatic rings. The third-order valence-corrected chi connectivity index (χ3v) is 12.9. The van der Waals surface area contributed by atoms with Crippen molar-refractivity contribution in [2.45, 2.75) is 232 Å². The largest absolute Gasteiger partial charge is 0.472 e. The van der Waals surface area contributed by atoms with E-state index >= 15 is 0 Å². The first kappa shape index (κ1) is 67.9. The topological polar surface area (TPSA) is 108 Å². The van der Waals surface area contributed by atoms with Crippen molar-refractivity contribution in [2.24, 2.45) is 0 Å². The zero-order valence-electron chi connectivity index (χ0n) is 46.2. The van der Waals surface area contributed by atoms with Crippen LogP contribution in [0.15, 0.2) is 97.2 Å². The highest BCUT2D eigenvalue weighted by atomic mass is 31.2. The molecule has 0 saturated carbocycles. The van der Waals surface area contributed by atoms with Crippen LogP contribution in [-0.4, -0.2) is 74.9 Å². The van der Waals surface area contributed by atoms with Gasteiger partial charge in [-0.1, -0.05) is 233 Å². The summed E-state index contributed by atoms with van der Waals surface area (Å²) in [6.07, 6.45) is 70.4. The van der Waals surface area contributed by atoms with E-state index in [0.29, 0.717) is 17.4 Å². The third-order valence-electron chi connectivity index (χ3n) is 11.9. The van der Waals surface area contributed by atoms with Gasteiger partial charge in [-0.3, -0.25) is 18.6 Å². The minimum Gasteiger partial charge on any atom is -0.462 e. The van der Waals surface area contributed by atoms with Crippen LogP contribution in [0.3, 0.4) is 0 Å². The van der Waals surface area contributed by atoms with E-state index in [4.69, 9.17) is 18.5 Å². The van der Waals surface area contributed by atoms with Gasteiger partial charge in [-0.2, -0.15) is 0 Å². The maximum atomic E-state index is 12.8. The Morgan fingerprint density at radius 2 is 0.803 bits per heavy atom. The summed E-state index contributed by atoms with van der Waals surface area (Å²) in [4.78, 5) is 35.6. The van der Waals surface area contributed by atoms with Gasteiger partial charge in [0.05, 0.1) is 27.7 Å². The number of hydrogen-bond donors (Lipinski definition) is 1. The van der Waals surface area contributed by atoms with E-state index in [-0.39, 0.29) is 32.0 Å². The van der Waals surface area contributed by atoms with E-state index in [1.54, 1.807) is 0 Å². The number of phosphoric acid groups is 1. The molecule has 0 saturated heterocycles. The van der Waals surface area contributed by atoms with Crippen molar-refractivity contribution >= 4 is 19.8 Å². The summed E-state index contributed by atoms with van der Waals surface area (Å²) >= 11 is 0. The SMILES string of the molecule is CC/C=C\C/C=C\C/C=C\C/C=C\C/C=C\C/C=C\C/C=C\C/C=C\CCCCCCCCCCC(=O)OC(COC(=O)CCCCCCCCCCCCCCCC)COP(=O)(O)OCC[N+](C)(C)C. The second kappa shape index (κ2) is 51.8. The summed E-state index contributed by atoms with van der Waals surface area (Å²) in [7, 11) is 1.46. The molecule has 2 unspecified atom stereocenters. The van der Waals surface area contributed by atoms with E-state index < -0.39 is 26.5 Å². The van der Waals surface area contributed by atoms with Gasteiger partial charge in [-0.15, -0.1) is 0 Å². The van der Waals surface area contributed by atoms with E-state index in [1.807, 2.05) is 21.1 Å². The van der Waals surface area contributed by atoms with E-state index in [9.17, 15) is 19.0 Å². The summed E-state index contributed by atoms with van der Waals surface area (Å²) in [5.41, 5.74) is 0. The number of likely N-dealkylation sites (N-methyl/N-ethyl adjacent to an activating group) is 1. The molecule has 0 heterocycles. The summed E-state index contributed by atoms with van der Waals surface area (Å²) < 4.78 is 34.5. The minimum atomic E-state index is -4.39. The van der Waals surface area contributed by atoms with E-state index in [1.165, 1.54) is 96.3 Å². The number of unbranched alkanes of at least 4 members (excludes halogenated alkanes) is 21. The van der Waals surface area contributed by atoms with Crippen LogP contribution in [0.1, 0.15) is 226 Å². The lowest BCUT2D eigenvalue weighted by Crippen LogP contribution is -2.37. The quantitative estimate of drug-likeness (QED) is 0.0211. The summed E-state index contributed by atoms with van der Waals surface area (Å²) in [5, 5.41) is 0. The molecule has 0 radical (unpaired) electrons. The zero-order valence-corrected chi connectivity index (χ0v) is 47.1. The zero-order chi connectivity index (χ0) is 52.0. The first-order valence-electron chi connectivity index (χ1n) is 28.5. The van der Waals surface area contributed by atoms with Crippen molar-refractivity contribution in [1.82, 2.24) is 0 Å². The highest BCUT2D eigenvalue weighted by Crippen LogP contribution is 2.43. The lowest BCUT2D eigenvalue weighted by molar-refractivity contribution is -0.870. The summed E-state index contributed by atoms with van der Waals surface area (Å²) in [6, 6.07) is 0. The monoisotopic (exact) mass is 1010 g/mol. The Morgan fingerprint density at radius 3 is 1.20 bits per heavy atom. The number of phosphoric ester groups is 1. The predicted octanol–water partition coefficient (Wildman–Crippen LogP) is 17.6. The molecule has 0 fully saturated rings. The Labute approximate surface area is 436 Å². The average Bonchev–Trinajstić information content (AvgIpc) is 3.33. The van der Waals surface area contributed by atoms with Gasteiger partial charge >= 0.3 is 19.8 Å². The molecule has 408 valence electrons. The molecule has 2 atom stereocenters. The van der Waals surface area contributed by atoms with Crippen LogP contribution in [0.2, 0.25) is 0 Å². The second-order valence-electron chi connectivity index (χ2n) is 19.9. The molecule has 0 amide bonds. The first-order valence-corrected chi connectivity index (χ1v) is 30.0. The molecule has 0 rings (SSSR count). The number of allylic oxidation sites excluding steroid dienone is 16. The van der Waals surface area contributed by atoms with Gasteiger partial charge in [0.25, 0.3) is 0 Å². The lowest BCUT2D eigenvalue weighted by atomic mass is 10.0. The molecular formula is C61H107NO8P+. The molecule has 9 nitrogen and oxygen atoms in total. The maximum absolute atomic E-state index is 12.8. The molecule has 0 bridgehead atoms. The van der Waals surface area contributed by atoms with Crippen molar-refractivity contribution in [3.05, 3.63) is 97.2 Å². The smallest absolute Gasteiger partial charge is 0.462 e. The molecule has 0 spiro atoms. The van der Waals surface area contributed by atoms with Crippen LogP contribution in [0.25, 0.3) is 0 Å². The fourth-order valence-electron chi connectivity index (χ4n) is 7.50. The highest BCUT2D eigenvalue weighted by Gasteiger charge is 2.27. The van der Waals surface area contributed by atoms with Crippen molar-refractivity contribution in [3.63, 3.8) is 0 Å². The molecule has 0 aliphatic carbocycles. The minimum absolute atomic E-state index is 0.0268. The van der Waals surface area contributed by atoms with Gasteiger partial charge in [-0.05, 0) is 77.0 Å². The molecule has 10 heteroatoms. The molecule has 1 N–H and O–H groups in total. The molecule has 71 heavy (non-hydrogen) atoms. The molecule has 0 aromatic carbocycles. The third kappa shape index (κ3) is 56.1. The normalized spacial score (nSPS) is 14.1. The van der Waals surface area contributed by atoms with Crippen LogP contribution in [0.5, 0.6) is 0 Å². The van der Waals surface area contributed by atoms with E-state index in [2.05, 4.69) is 111 Å². The van der Waals surface area contributed by atoms with Crippen LogP contribution in [0.4, 0.5) is 0 Å². The molecule has 0 aromatic heterocycles. The van der Waals surface area contributed by atoms with Crippen molar-refractivity contribution in [3.8, 4) is 0 Å². The number of carbonyl (C=O) groups is 2. The second-order valence-corrected chi connectivity index (χ2v) is 21.4. The highest BCUT2D eigenvalue weighted by molar-refractivity contribution is 7.47. The summed E-state index contributed by atoms with van der Waals surface area (Å²) in [6.45, 7) is 4.31.